The lowest BCUT2D eigenvalue weighted by Gasteiger charge is -2.18. The van der Waals surface area contributed by atoms with Crippen molar-refractivity contribution in [3.8, 4) is 0 Å². The Kier molecular flexibility index (Phi) is 6.94. The van der Waals surface area contributed by atoms with Gasteiger partial charge < -0.3 is 15.2 Å². The quantitative estimate of drug-likeness (QED) is 0.745. The van der Waals surface area contributed by atoms with Crippen molar-refractivity contribution in [3.05, 3.63) is 35.9 Å². The van der Waals surface area contributed by atoms with E-state index in [1.54, 1.807) is 0 Å². The van der Waals surface area contributed by atoms with E-state index in [0.717, 1.165) is 0 Å². The summed E-state index contributed by atoms with van der Waals surface area (Å²) in [6.07, 6.45) is -0.449. The minimum Gasteiger partial charge on any atom is -0.389 e. The molecule has 1 rings (SSSR count). The van der Waals surface area contributed by atoms with Gasteiger partial charge in [-0.1, -0.05) is 44.2 Å². The zero-order chi connectivity index (χ0) is 13.4. The van der Waals surface area contributed by atoms with Crippen molar-refractivity contribution in [2.75, 3.05) is 19.8 Å². The molecule has 2 N–H and O–H groups in total. The Bertz CT molecular complexity index is 314. The summed E-state index contributed by atoms with van der Waals surface area (Å²) in [6, 6.07) is 10.5. The van der Waals surface area contributed by atoms with Gasteiger partial charge in [0, 0.05) is 19.2 Å². The molecule has 0 aromatic heterocycles. The minimum atomic E-state index is -0.449. The molecule has 0 aliphatic rings. The van der Waals surface area contributed by atoms with Crippen molar-refractivity contribution in [3.63, 3.8) is 0 Å². The highest BCUT2D eigenvalue weighted by atomic mass is 16.5. The van der Waals surface area contributed by atoms with Crippen LogP contribution in [0.15, 0.2) is 30.3 Å². The van der Waals surface area contributed by atoms with Crippen molar-refractivity contribution in [1.82, 2.24) is 5.32 Å². The third-order valence-electron chi connectivity index (χ3n) is 2.72. The molecule has 0 radical (unpaired) electrons. The van der Waals surface area contributed by atoms with E-state index in [2.05, 4.69) is 38.2 Å². The molecule has 18 heavy (non-hydrogen) atoms. The van der Waals surface area contributed by atoms with Crippen LogP contribution < -0.4 is 5.32 Å². The van der Waals surface area contributed by atoms with Gasteiger partial charge in [0.15, 0.2) is 0 Å². The van der Waals surface area contributed by atoms with Crippen LogP contribution in [-0.4, -0.2) is 31.0 Å². The van der Waals surface area contributed by atoms with Crippen LogP contribution in [0.1, 0.15) is 32.4 Å². The van der Waals surface area contributed by atoms with Crippen LogP contribution in [0.4, 0.5) is 0 Å². The molecule has 0 amide bonds. The van der Waals surface area contributed by atoms with Crippen LogP contribution in [0.2, 0.25) is 0 Å². The van der Waals surface area contributed by atoms with Gasteiger partial charge in [-0.15, -0.1) is 0 Å². The van der Waals surface area contributed by atoms with Crippen LogP contribution in [0.25, 0.3) is 0 Å². The first kappa shape index (κ1) is 15.2. The number of rotatable bonds is 8. The molecule has 3 heteroatoms. The van der Waals surface area contributed by atoms with Crippen molar-refractivity contribution < 1.29 is 9.84 Å². The maximum atomic E-state index is 9.77. The molecule has 2 atom stereocenters. The Morgan fingerprint density at radius 1 is 1.11 bits per heavy atom. The zero-order valence-electron chi connectivity index (χ0n) is 11.6. The second-order valence-electron chi connectivity index (χ2n) is 5.13. The third kappa shape index (κ3) is 6.15. The first-order chi connectivity index (χ1) is 8.59. The Labute approximate surface area is 110 Å². The van der Waals surface area contributed by atoms with Gasteiger partial charge in [0.25, 0.3) is 0 Å². The molecular weight excluding hydrogens is 226 g/mol. The summed E-state index contributed by atoms with van der Waals surface area (Å²) < 4.78 is 5.40. The summed E-state index contributed by atoms with van der Waals surface area (Å²) in [6.45, 7) is 7.94. The molecule has 0 bridgehead atoms. The van der Waals surface area contributed by atoms with E-state index in [9.17, 15) is 5.11 Å². The Balaban J connectivity index is 2.20. The van der Waals surface area contributed by atoms with Crippen LogP contribution in [-0.2, 0) is 4.74 Å². The van der Waals surface area contributed by atoms with Gasteiger partial charge >= 0.3 is 0 Å². The second-order valence-corrected chi connectivity index (χ2v) is 5.13. The maximum Gasteiger partial charge on any atom is 0.0897 e. The number of aliphatic hydroxyl groups excluding tert-OH is 1. The molecule has 3 nitrogen and oxygen atoms in total. The van der Waals surface area contributed by atoms with E-state index in [1.165, 1.54) is 5.56 Å². The van der Waals surface area contributed by atoms with Gasteiger partial charge in [0.05, 0.1) is 12.7 Å². The van der Waals surface area contributed by atoms with Crippen LogP contribution >= 0.6 is 0 Å². The Morgan fingerprint density at radius 3 is 2.39 bits per heavy atom. The minimum absolute atomic E-state index is 0.242. The molecule has 1 aromatic rings. The van der Waals surface area contributed by atoms with Gasteiger partial charge in [-0.25, -0.2) is 0 Å². The SMILES string of the molecule is CC(C)COCC(O)CN[C@@H](C)c1ccccc1. The average Bonchev–Trinajstić information content (AvgIpc) is 2.36. The van der Waals surface area contributed by atoms with Crippen LogP contribution in [0.3, 0.4) is 0 Å². The van der Waals surface area contributed by atoms with E-state index >= 15 is 0 Å². The number of aliphatic hydroxyl groups is 1. The van der Waals surface area contributed by atoms with Gasteiger partial charge in [-0.05, 0) is 18.4 Å². The molecule has 0 heterocycles. The number of hydrogen-bond donors (Lipinski definition) is 2. The highest BCUT2D eigenvalue weighted by molar-refractivity contribution is 5.17. The first-order valence-electron chi connectivity index (χ1n) is 6.63. The molecular formula is C15H25NO2. The predicted molar refractivity (Wildman–Crippen MR) is 74.5 cm³/mol. The smallest absolute Gasteiger partial charge is 0.0897 e. The lowest BCUT2D eigenvalue weighted by atomic mass is 10.1. The van der Waals surface area contributed by atoms with Gasteiger partial charge in [-0.2, -0.15) is 0 Å². The topological polar surface area (TPSA) is 41.5 Å². The van der Waals surface area contributed by atoms with Crippen molar-refractivity contribution in [1.29, 1.82) is 0 Å². The van der Waals surface area contributed by atoms with E-state index in [-0.39, 0.29) is 6.04 Å². The van der Waals surface area contributed by atoms with Gasteiger partial charge in [0.2, 0.25) is 0 Å². The second kappa shape index (κ2) is 8.25. The summed E-state index contributed by atoms with van der Waals surface area (Å²) in [7, 11) is 0. The van der Waals surface area contributed by atoms with E-state index in [0.29, 0.717) is 25.7 Å². The average molecular weight is 251 g/mol. The number of hydrogen-bond acceptors (Lipinski definition) is 3. The molecule has 0 saturated carbocycles. The fraction of sp³-hybridized carbons (Fsp3) is 0.600. The van der Waals surface area contributed by atoms with Gasteiger partial charge in [0.1, 0.15) is 0 Å². The van der Waals surface area contributed by atoms with Crippen molar-refractivity contribution >= 4 is 0 Å². The number of ether oxygens (including phenoxy) is 1. The lowest BCUT2D eigenvalue weighted by Crippen LogP contribution is -2.32. The number of nitrogens with one attached hydrogen (secondary N) is 1. The highest BCUT2D eigenvalue weighted by Crippen LogP contribution is 2.10. The molecule has 0 aliphatic heterocycles. The van der Waals surface area contributed by atoms with E-state index < -0.39 is 6.10 Å². The summed E-state index contributed by atoms with van der Waals surface area (Å²) in [4.78, 5) is 0. The molecule has 102 valence electrons. The summed E-state index contributed by atoms with van der Waals surface area (Å²) in [5.74, 6) is 0.508. The molecule has 0 fully saturated rings. The summed E-state index contributed by atoms with van der Waals surface area (Å²) >= 11 is 0. The Hall–Kier alpha value is -0.900. The molecule has 0 aliphatic carbocycles. The standard InChI is InChI=1S/C15H25NO2/c1-12(2)10-18-11-15(17)9-16-13(3)14-7-5-4-6-8-14/h4-8,12-13,15-17H,9-11H2,1-3H3/t13-,15?/m0/s1. The third-order valence-corrected chi connectivity index (χ3v) is 2.72. The fourth-order valence-corrected chi connectivity index (χ4v) is 1.67. The molecule has 0 spiro atoms. The summed E-state index contributed by atoms with van der Waals surface area (Å²) in [5, 5.41) is 13.1. The predicted octanol–water partition coefficient (Wildman–Crippen LogP) is 2.37. The normalized spacial score (nSPS) is 14.7. The van der Waals surface area contributed by atoms with E-state index in [1.807, 2.05) is 18.2 Å². The number of benzene rings is 1. The van der Waals surface area contributed by atoms with Crippen LogP contribution in [0, 0.1) is 5.92 Å². The van der Waals surface area contributed by atoms with E-state index in [4.69, 9.17) is 4.74 Å². The Morgan fingerprint density at radius 2 is 1.78 bits per heavy atom. The highest BCUT2D eigenvalue weighted by Gasteiger charge is 2.08. The monoisotopic (exact) mass is 251 g/mol. The van der Waals surface area contributed by atoms with Crippen molar-refractivity contribution in [2.45, 2.75) is 32.9 Å². The van der Waals surface area contributed by atoms with Crippen molar-refractivity contribution in [2.24, 2.45) is 5.92 Å². The zero-order valence-corrected chi connectivity index (χ0v) is 11.6. The maximum absolute atomic E-state index is 9.77. The molecule has 1 aromatic carbocycles. The fourth-order valence-electron chi connectivity index (χ4n) is 1.67. The van der Waals surface area contributed by atoms with Crippen LogP contribution in [0.5, 0.6) is 0 Å². The first-order valence-corrected chi connectivity index (χ1v) is 6.63. The lowest BCUT2D eigenvalue weighted by molar-refractivity contribution is 0.0252. The van der Waals surface area contributed by atoms with Gasteiger partial charge in [-0.3, -0.25) is 0 Å². The molecule has 1 unspecified atom stereocenters. The largest absolute Gasteiger partial charge is 0.389 e. The summed E-state index contributed by atoms with van der Waals surface area (Å²) in [5.41, 5.74) is 1.23. The molecule has 0 saturated heterocycles.